The van der Waals surface area contributed by atoms with Crippen LogP contribution in [0.5, 0.6) is 0 Å². The maximum atomic E-state index is 13.0. The van der Waals surface area contributed by atoms with Gasteiger partial charge < -0.3 is 20.3 Å². The number of amides is 2. The molecule has 0 radical (unpaired) electrons. The van der Waals surface area contributed by atoms with Gasteiger partial charge in [-0.2, -0.15) is 0 Å². The average molecular weight is 464 g/mol. The number of carbonyl (C=O) groups is 2. The Labute approximate surface area is 195 Å². The molecule has 1 aliphatic heterocycles. The highest BCUT2D eigenvalue weighted by Crippen LogP contribution is 2.34. The lowest BCUT2D eigenvalue weighted by atomic mass is 10.2. The Kier molecular flexibility index (Phi) is 5.51. The third-order valence-corrected chi connectivity index (χ3v) is 7.22. The van der Waals surface area contributed by atoms with E-state index in [1.807, 2.05) is 48.2 Å². The maximum absolute atomic E-state index is 13.0. The number of thiophene rings is 1. The summed E-state index contributed by atoms with van der Waals surface area (Å²) in [5.41, 5.74) is 4.29. The van der Waals surface area contributed by atoms with Gasteiger partial charge in [-0.3, -0.25) is 14.3 Å². The van der Waals surface area contributed by atoms with Crippen molar-refractivity contribution < 1.29 is 14.3 Å². The first-order valence-electron chi connectivity index (χ1n) is 10.8. The number of rotatable bonds is 4. The molecule has 2 amide bonds. The zero-order valence-corrected chi connectivity index (χ0v) is 19.5. The molecule has 8 nitrogen and oxygen atoms in total. The fourth-order valence-corrected chi connectivity index (χ4v) is 5.42. The monoisotopic (exact) mass is 463 g/mol. The Bertz CT molecular complexity index is 1380. The third-order valence-electron chi connectivity index (χ3n) is 6.07. The van der Waals surface area contributed by atoms with Crippen molar-refractivity contribution in [3.63, 3.8) is 0 Å². The summed E-state index contributed by atoms with van der Waals surface area (Å²) < 4.78 is 7.99. The summed E-state index contributed by atoms with van der Waals surface area (Å²) in [6.07, 6.45) is 2.71. The van der Waals surface area contributed by atoms with E-state index in [9.17, 15) is 9.59 Å². The van der Waals surface area contributed by atoms with Gasteiger partial charge >= 0.3 is 6.03 Å². The molecule has 1 fully saturated rings. The highest BCUT2D eigenvalue weighted by atomic mass is 32.1. The Morgan fingerprint density at radius 3 is 2.82 bits per heavy atom. The van der Waals surface area contributed by atoms with Crippen molar-refractivity contribution >= 4 is 55.8 Å². The van der Waals surface area contributed by atoms with Crippen molar-refractivity contribution in [2.24, 2.45) is 0 Å². The number of aromatic nitrogens is 2. The molecule has 4 heterocycles. The first kappa shape index (κ1) is 21.4. The number of hydrogen-bond acceptors (Lipinski definition) is 6. The summed E-state index contributed by atoms with van der Waals surface area (Å²) in [7, 11) is 3.31. The van der Waals surface area contributed by atoms with E-state index in [0.29, 0.717) is 18.0 Å². The van der Waals surface area contributed by atoms with E-state index in [1.165, 1.54) is 11.3 Å². The molecule has 3 aromatic heterocycles. The molecule has 0 bridgehead atoms. The number of likely N-dealkylation sites (tertiary alicyclic amines) is 1. The summed E-state index contributed by atoms with van der Waals surface area (Å²) in [5, 5.41) is 7.11. The van der Waals surface area contributed by atoms with Crippen LogP contribution < -0.4 is 10.6 Å². The minimum Gasteiger partial charge on any atom is -0.380 e. The molecule has 0 aliphatic carbocycles. The Morgan fingerprint density at radius 1 is 1.21 bits per heavy atom. The number of methoxy groups -OCH3 is 1. The zero-order valence-electron chi connectivity index (χ0n) is 18.7. The van der Waals surface area contributed by atoms with Crippen LogP contribution in [-0.4, -0.2) is 59.7 Å². The number of aryl methyl sites for hydroxylation is 1. The number of nitrogens with one attached hydrogen (secondary N) is 2. The van der Waals surface area contributed by atoms with Gasteiger partial charge in [0.05, 0.1) is 32.4 Å². The lowest BCUT2D eigenvalue weighted by Crippen LogP contribution is -2.29. The number of benzene rings is 1. The van der Waals surface area contributed by atoms with Crippen LogP contribution in [0.2, 0.25) is 0 Å². The second-order valence-corrected chi connectivity index (χ2v) is 9.21. The average Bonchev–Trinajstić information content (AvgIpc) is 3.54. The normalized spacial score (nSPS) is 16.0. The molecule has 0 saturated carbocycles. The summed E-state index contributed by atoms with van der Waals surface area (Å²) in [4.78, 5) is 32.2. The van der Waals surface area contributed by atoms with E-state index < -0.39 is 0 Å². The number of hydrogen-bond donors (Lipinski definition) is 2. The van der Waals surface area contributed by atoms with E-state index in [-0.39, 0.29) is 18.0 Å². The van der Waals surface area contributed by atoms with Crippen molar-refractivity contribution in [3.05, 3.63) is 53.2 Å². The Hall–Kier alpha value is -3.43. The minimum absolute atomic E-state index is 0.0240. The zero-order chi connectivity index (χ0) is 23.1. The number of carbonyl (C=O) groups excluding carboxylic acids is 2. The van der Waals surface area contributed by atoms with E-state index in [0.717, 1.165) is 44.6 Å². The molecule has 33 heavy (non-hydrogen) atoms. The Morgan fingerprint density at radius 2 is 2.06 bits per heavy atom. The van der Waals surface area contributed by atoms with Gasteiger partial charge in [-0.15, -0.1) is 11.3 Å². The molecule has 2 N–H and O–H groups in total. The van der Waals surface area contributed by atoms with Crippen LogP contribution in [0.15, 0.2) is 42.6 Å². The van der Waals surface area contributed by atoms with Gasteiger partial charge in [0.2, 0.25) is 0 Å². The lowest BCUT2D eigenvalue weighted by Gasteiger charge is -2.14. The van der Waals surface area contributed by atoms with E-state index >= 15 is 0 Å². The van der Waals surface area contributed by atoms with E-state index in [2.05, 4.69) is 15.6 Å². The van der Waals surface area contributed by atoms with Crippen LogP contribution >= 0.6 is 11.3 Å². The number of ether oxygens (including phenoxy) is 1. The summed E-state index contributed by atoms with van der Waals surface area (Å²) in [6, 6.07) is 11.5. The van der Waals surface area contributed by atoms with Crippen LogP contribution in [0.4, 0.5) is 16.2 Å². The van der Waals surface area contributed by atoms with Crippen molar-refractivity contribution in [1.82, 2.24) is 19.8 Å². The number of anilines is 2. The van der Waals surface area contributed by atoms with Crippen LogP contribution in [0.3, 0.4) is 0 Å². The highest BCUT2D eigenvalue weighted by Gasteiger charge is 2.28. The van der Waals surface area contributed by atoms with Crippen LogP contribution in [0.25, 0.3) is 21.1 Å². The molecule has 1 aromatic carbocycles. The van der Waals surface area contributed by atoms with Crippen LogP contribution in [0, 0.1) is 6.92 Å². The molecule has 5 rings (SSSR count). The minimum atomic E-state index is -0.162. The predicted octanol–water partition coefficient (Wildman–Crippen LogP) is 4.35. The summed E-state index contributed by atoms with van der Waals surface area (Å²) in [5.74, 6) is 0.0240. The molecule has 4 aromatic rings. The maximum Gasteiger partial charge on any atom is 0.325 e. The number of pyridine rings is 1. The van der Waals surface area contributed by atoms with Crippen molar-refractivity contribution in [3.8, 4) is 0 Å². The van der Waals surface area contributed by atoms with E-state index in [1.54, 1.807) is 24.9 Å². The van der Waals surface area contributed by atoms with Gasteiger partial charge in [0.25, 0.3) is 5.91 Å². The first-order chi connectivity index (χ1) is 16.0. The molecule has 0 spiro atoms. The van der Waals surface area contributed by atoms with Gasteiger partial charge in [0.15, 0.2) is 0 Å². The van der Waals surface area contributed by atoms with Crippen molar-refractivity contribution in [2.75, 3.05) is 32.6 Å². The van der Waals surface area contributed by atoms with E-state index in [4.69, 9.17) is 4.74 Å². The summed E-state index contributed by atoms with van der Waals surface area (Å²) >= 11 is 1.45. The third kappa shape index (κ3) is 3.83. The highest BCUT2D eigenvalue weighted by molar-refractivity contribution is 7.21. The molecule has 1 unspecified atom stereocenters. The Balaban J connectivity index is 1.44. The van der Waals surface area contributed by atoms with Gasteiger partial charge in [-0.05, 0) is 49.7 Å². The quantitative estimate of drug-likeness (QED) is 0.470. The van der Waals surface area contributed by atoms with Gasteiger partial charge in [0, 0.05) is 50.2 Å². The van der Waals surface area contributed by atoms with Gasteiger partial charge in [-0.25, -0.2) is 4.79 Å². The second kappa shape index (κ2) is 8.49. The fraction of sp³-hybridized carbons (Fsp3) is 0.292. The number of nitrogens with zero attached hydrogens (tertiary/aromatic N) is 3. The fourth-order valence-electron chi connectivity index (χ4n) is 4.37. The molecule has 1 aliphatic rings. The first-order valence-corrected chi connectivity index (χ1v) is 11.6. The smallest absolute Gasteiger partial charge is 0.325 e. The van der Waals surface area contributed by atoms with Crippen molar-refractivity contribution in [2.45, 2.75) is 19.4 Å². The molecule has 170 valence electrons. The summed E-state index contributed by atoms with van der Waals surface area (Å²) in [6.45, 7) is 3.24. The molecule has 1 saturated heterocycles. The molecule has 9 heteroatoms. The second-order valence-electron chi connectivity index (χ2n) is 8.16. The molecular weight excluding hydrogens is 438 g/mol. The van der Waals surface area contributed by atoms with Gasteiger partial charge in [-0.1, -0.05) is 0 Å². The van der Waals surface area contributed by atoms with Gasteiger partial charge in [0.1, 0.15) is 0 Å². The lowest BCUT2D eigenvalue weighted by molar-refractivity contribution is 0.0728. The largest absolute Gasteiger partial charge is 0.380 e. The number of fused-ring (bicyclic) bond motifs is 2. The standard InChI is InChI=1S/C24H25N5O3S/c1-14-10-15-11-16(4-5-20(15)29(14)24(31)25-2)27-18-6-8-26-19-12-21(33-22(18)19)23(30)28-9-7-17(13-28)32-3/h4-6,8,10-12,17H,7,9,13H2,1-3H3,(H,25,31)(H,26,27). The van der Waals surface area contributed by atoms with Crippen molar-refractivity contribution in [1.29, 1.82) is 0 Å². The predicted molar refractivity (Wildman–Crippen MR) is 131 cm³/mol. The molecular formula is C24H25N5O3S. The SMILES string of the molecule is CNC(=O)n1c(C)cc2cc(Nc3ccnc4cc(C(=O)N5CCC(OC)C5)sc34)ccc21. The topological polar surface area (TPSA) is 88.5 Å². The van der Waals surface area contributed by atoms with Crippen LogP contribution in [0.1, 0.15) is 21.8 Å². The van der Waals surface area contributed by atoms with Crippen LogP contribution in [-0.2, 0) is 4.74 Å². The molecule has 1 atom stereocenters.